The second-order valence-corrected chi connectivity index (χ2v) is 5.86. The van der Waals surface area contributed by atoms with E-state index in [0.717, 1.165) is 22.3 Å². The molecule has 1 aromatic carbocycles. The third kappa shape index (κ3) is 5.27. The van der Waals surface area contributed by atoms with Crippen LogP contribution in [-0.4, -0.2) is 24.6 Å². The van der Waals surface area contributed by atoms with Gasteiger partial charge in [-0.1, -0.05) is 39.7 Å². The van der Waals surface area contributed by atoms with Crippen LogP contribution in [0.3, 0.4) is 0 Å². The molecule has 2 nitrogen and oxygen atoms in total. The summed E-state index contributed by atoms with van der Waals surface area (Å²) in [6.45, 7) is 4.78. The van der Waals surface area contributed by atoms with E-state index < -0.39 is 0 Å². The van der Waals surface area contributed by atoms with E-state index in [1.807, 2.05) is 24.3 Å². The number of halogens is 2. The number of alkyl halides is 1. The van der Waals surface area contributed by atoms with Crippen LogP contribution in [0.4, 0.5) is 0 Å². The third-order valence-corrected chi connectivity index (χ3v) is 3.80. The van der Waals surface area contributed by atoms with Crippen LogP contribution in [-0.2, 0) is 9.47 Å². The molecule has 1 aromatic rings. The highest BCUT2D eigenvalue weighted by molar-refractivity contribution is 9.09. The first kappa shape index (κ1) is 16.0. The predicted octanol–water partition coefficient (Wildman–Crippen LogP) is 4.61. The lowest BCUT2D eigenvalue weighted by molar-refractivity contribution is -0.0228. The zero-order chi connectivity index (χ0) is 13.6. The van der Waals surface area contributed by atoms with Gasteiger partial charge in [0.25, 0.3) is 0 Å². The zero-order valence-corrected chi connectivity index (χ0v) is 13.4. The number of methoxy groups -OCH3 is 1. The van der Waals surface area contributed by atoms with Crippen molar-refractivity contribution in [3.63, 3.8) is 0 Å². The molecule has 0 saturated carbocycles. The van der Waals surface area contributed by atoms with E-state index in [4.69, 9.17) is 21.1 Å². The zero-order valence-electron chi connectivity index (χ0n) is 11.1. The molecule has 0 fully saturated rings. The van der Waals surface area contributed by atoms with Gasteiger partial charge in [0.05, 0.1) is 18.3 Å². The van der Waals surface area contributed by atoms with Crippen molar-refractivity contribution in [3.8, 4) is 0 Å². The van der Waals surface area contributed by atoms with E-state index in [-0.39, 0.29) is 11.7 Å². The van der Waals surface area contributed by atoms with E-state index in [1.54, 1.807) is 7.11 Å². The van der Waals surface area contributed by atoms with Crippen molar-refractivity contribution in [2.75, 3.05) is 19.0 Å². The summed E-state index contributed by atoms with van der Waals surface area (Å²) < 4.78 is 11.3. The molecule has 0 N–H and O–H groups in total. The van der Waals surface area contributed by atoms with Crippen molar-refractivity contribution in [2.24, 2.45) is 0 Å². The number of hydrogen-bond donors (Lipinski definition) is 0. The van der Waals surface area contributed by atoms with Gasteiger partial charge in [-0.25, -0.2) is 0 Å². The number of ether oxygens (including phenoxy) is 2. The van der Waals surface area contributed by atoms with Gasteiger partial charge in [0, 0.05) is 17.5 Å². The van der Waals surface area contributed by atoms with Crippen LogP contribution in [0.1, 0.15) is 31.9 Å². The number of rotatable bonds is 7. The summed E-state index contributed by atoms with van der Waals surface area (Å²) >= 11 is 9.35. The lowest BCUT2D eigenvalue weighted by Crippen LogP contribution is -2.25. The lowest BCUT2D eigenvalue weighted by Gasteiger charge is -2.24. The van der Waals surface area contributed by atoms with Gasteiger partial charge < -0.3 is 9.47 Å². The van der Waals surface area contributed by atoms with E-state index in [1.165, 1.54) is 0 Å². The first-order valence-corrected chi connectivity index (χ1v) is 7.46. The van der Waals surface area contributed by atoms with E-state index in [2.05, 4.69) is 29.8 Å². The molecule has 102 valence electrons. The van der Waals surface area contributed by atoms with Gasteiger partial charge in [-0.05, 0) is 38.0 Å². The van der Waals surface area contributed by atoms with Crippen molar-refractivity contribution < 1.29 is 9.47 Å². The minimum absolute atomic E-state index is 0.0509. The van der Waals surface area contributed by atoms with Crippen molar-refractivity contribution >= 4 is 27.5 Å². The molecule has 0 spiro atoms. The van der Waals surface area contributed by atoms with Crippen LogP contribution in [0, 0.1) is 0 Å². The first-order valence-electron chi connectivity index (χ1n) is 5.96. The fourth-order valence-corrected chi connectivity index (χ4v) is 2.14. The second-order valence-electron chi connectivity index (χ2n) is 4.78. The molecule has 18 heavy (non-hydrogen) atoms. The average molecular weight is 336 g/mol. The van der Waals surface area contributed by atoms with Gasteiger partial charge >= 0.3 is 0 Å². The quantitative estimate of drug-likeness (QED) is 0.678. The molecule has 1 rings (SSSR count). The second kappa shape index (κ2) is 7.49. The summed E-state index contributed by atoms with van der Waals surface area (Å²) in [5.74, 6) is 0. The number of benzene rings is 1. The predicted molar refractivity (Wildman–Crippen MR) is 79.6 cm³/mol. The Morgan fingerprint density at radius 1 is 1.28 bits per heavy atom. The van der Waals surface area contributed by atoms with Crippen LogP contribution in [0.15, 0.2) is 24.3 Å². The van der Waals surface area contributed by atoms with Crippen LogP contribution in [0.5, 0.6) is 0 Å². The Labute approximate surface area is 123 Å². The smallest absolute Gasteiger partial charge is 0.0921 e. The molecular weight excluding hydrogens is 316 g/mol. The molecule has 0 saturated heterocycles. The van der Waals surface area contributed by atoms with Gasteiger partial charge in [-0.2, -0.15) is 0 Å². The van der Waals surface area contributed by atoms with Crippen molar-refractivity contribution in [2.45, 2.75) is 32.0 Å². The molecule has 1 atom stereocenters. The van der Waals surface area contributed by atoms with Crippen LogP contribution in [0.25, 0.3) is 0 Å². The van der Waals surface area contributed by atoms with Gasteiger partial charge in [-0.3, -0.25) is 0 Å². The van der Waals surface area contributed by atoms with Crippen LogP contribution in [0.2, 0.25) is 5.02 Å². The van der Waals surface area contributed by atoms with Crippen LogP contribution >= 0.6 is 27.5 Å². The van der Waals surface area contributed by atoms with Crippen LogP contribution < -0.4 is 0 Å². The molecule has 0 aromatic heterocycles. The van der Waals surface area contributed by atoms with Crippen molar-refractivity contribution in [1.82, 2.24) is 0 Å². The van der Waals surface area contributed by atoms with Gasteiger partial charge in [0.2, 0.25) is 0 Å². The highest BCUT2D eigenvalue weighted by Gasteiger charge is 2.17. The maximum absolute atomic E-state index is 5.88. The fraction of sp³-hybridized carbons (Fsp3) is 0.571. The molecule has 0 radical (unpaired) electrons. The molecule has 0 aliphatic carbocycles. The highest BCUT2D eigenvalue weighted by Crippen LogP contribution is 2.23. The summed E-state index contributed by atoms with van der Waals surface area (Å²) in [5.41, 5.74) is 0.989. The Bertz CT molecular complexity index is 351. The summed E-state index contributed by atoms with van der Waals surface area (Å²) in [6, 6.07) is 7.76. The first-order chi connectivity index (χ1) is 8.48. The summed E-state index contributed by atoms with van der Waals surface area (Å²) in [5, 5.41) is 1.51. The van der Waals surface area contributed by atoms with Gasteiger partial charge in [0.15, 0.2) is 0 Å². The molecular formula is C14H20BrClO2. The lowest BCUT2D eigenvalue weighted by atomic mass is 10.1. The molecule has 4 heteroatoms. The standard InChI is InChI=1S/C14H20BrClO2/c1-14(2,17-3)8-9-18-13(10-15)11-4-6-12(16)7-5-11/h4-7,13H,8-10H2,1-3H3. The van der Waals surface area contributed by atoms with E-state index >= 15 is 0 Å². The van der Waals surface area contributed by atoms with Gasteiger partial charge in [-0.15, -0.1) is 0 Å². The van der Waals surface area contributed by atoms with E-state index in [9.17, 15) is 0 Å². The maximum Gasteiger partial charge on any atom is 0.0921 e. The molecule has 0 amide bonds. The SMILES string of the molecule is COC(C)(C)CCOC(CBr)c1ccc(Cl)cc1. The third-order valence-electron chi connectivity index (χ3n) is 2.96. The van der Waals surface area contributed by atoms with Crippen molar-refractivity contribution in [1.29, 1.82) is 0 Å². The molecule has 0 heterocycles. The Kier molecular flexibility index (Phi) is 6.64. The Morgan fingerprint density at radius 2 is 1.89 bits per heavy atom. The Morgan fingerprint density at radius 3 is 2.39 bits per heavy atom. The maximum atomic E-state index is 5.88. The molecule has 0 aliphatic heterocycles. The normalized spacial score (nSPS) is 13.6. The van der Waals surface area contributed by atoms with E-state index in [0.29, 0.717) is 6.61 Å². The van der Waals surface area contributed by atoms with Crippen molar-refractivity contribution in [3.05, 3.63) is 34.9 Å². The molecule has 0 bridgehead atoms. The topological polar surface area (TPSA) is 18.5 Å². The summed E-state index contributed by atoms with van der Waals surface area (Å²) in [4.78, 5) is 0. The number of hydrogen-bond acceptors (Lipinski definition) is 2. The summed E-state index contributed by atoms with van der Waals surface area (Å²) in [7, 11) is 1.72. The summed E-state index contributed by atoms with van der Waals surface area (Å²) in [6.07, 6.45) is 0.913. The Balaban J connectivity index is 2.50. The molecule has 0 aliphatic rings. The average Bonchev–Trinajstić information content (AvgIpc) is 2.36. The highest BCUT2D eigenvalue weighted by atomic mass is 79.9. The molecule has 1 unspecified atom stereocenters. The monoisotopic (exact) mass is 334 g/mol. The fourth-order valence-electron chi connectivity index (χ4n) is 1.46. The minimum Gasteiger partial charge on any atom is -0.379 e. The largest absolute Gasteiger partial charge is 0.379 e. The van der Waals surface area contributed by atoms with Gasteiger partial charge in [0.1, 0.15) is 0 Å². The Hall–Kier alpha value is -0.0900. The minimum atomic E-state index is -0.142.